The van der Waals surface area contributed by atoms with Crippen LogP contribution >= 0.6 is 11.8 Å². The fourth-order valence-corrected chi connectivity index (χ4v) is 5.50. The predicted octanol–water partition coefficient (Wildman–Crippen LogP) is 6.39. The maximum Gasteiger partial charge on any atom is 0.191 e. The van der Waals surface area contributed by atoms with E-state index in [0.29, 0.717) is 13.0 Å². The molecule has 4 aromatic rings. The van der Waals surface area contributed by atoms with E-state index in [-0.39, 0.29) is 5.82 Å². The largest absolute Gasteiger partial charge is 0.379 e. The second-order valence-electron chi connectivity index (χ2n) is 9.84. The number of aromatic nitrogens is 3. The van der Waals surface area contributed by atoms with Gasteiger partial charge in [-0.05, 0) is 68.4 Å². The number of benzene rings is 3. The summed E-state index contributed by atoms with van der Waals surface area (Å²) in [5.41, 5.74) is 6.10. The molecular formula is C31H37FN4OS. The fourth-order valence-electron chi connectivity index (χ4n) is 4.58. The molecule has 0 aliphatic heterocycles. The van der Waals surface area contributed by atoms with Crippen LogP contribution in [0.3, 0.4) is 0 Å². The molecule has 3 aromatic carbocycles. The van der Waals surface area contributed by atoms with Gasteiger partial charge in [0.2, 0.25) is 0 Å². The maximum atomic E-state index is 13.1. The molecule has 7 heteroatoms. The minimum Gasteiger partial charge on any atom is -0.379 e. The lowest BCUT2D eigenvalue weighted by atomic mass is 10.1. The molecule has 0 amide bonds. The summed E-state index contributed by atoms with van der Waals surface area (Å²) in [5.74, 6) is 1.60. The molecule has 2 N–H and O–H groups in total. The minimum atomic E-state index is -0.597. The van der Waals surface area contributed by atoms with E-state index in [1.165, 1.54) is 34.4 Å². The highest BCUT2D eigenvalue weighted by Gasteiger charge is 2.14. The average Bonchev–Trinajstić information content (AvgIpc) is 3.30. The van der Waals surface area contributed by atoms with Crippen LogP contribution in [0.5, 0.6) is 0 Å². The Morgan fingerprint density at radius 3 is 2.34 bits per heavy atom. The van der Waals surface area contributed by atoms with Gasteiger partial charge in [0.1, 0.15) is 17.9 Å². The summed E-state index contributed by atoms with van der Waals surface area (Å²) >= 11 is 1.74. The molecule has 0 radical (unpaired) electrons. The third-order valence-electron chi connectivity index (χ3n) is 6.49. The smallest absolute Gasteiger partial charge is 0.191 e. The Bertz CT molecular complexity index is 1260. The van der Waals surface area contributed by atoms with Gasteiger partial charge in [0.25, 0.3) is 0 Å². The van der Waals surface area contributed by atoms with Crippen molar-refractivity contribution in [2.45, 2.75) is 76.2 Å². The van der Waals surface area contributed by atoms with E-state index in [4.69, 9.17) is 0 Å². The zero-order valence-electron chi connectivity index (χ0n) is 22.2. The molecule has 0 saturated heterocycles. The van der Waals surface area contributed by atoms with Crippen molar-refractivity contribution in [1.29, 1.82) is 0 Å². The summed E-state index contributed by atoms with van der Waals surface area (Å²) in [6.07, 6.45) is 3.58. The third-order valence-corrected chi connectivity index (χ3v) is 7.53. The van der Waals surface area contributed by atoms with Gasteiger partial charge in [0.05, 0.1) is 0 Å². The molecule has 1 heterocycles. The lowest BCUT2D eigenvalue weighted by Crippen LogP contribution is -2.28. The van der Waals surface area contributed by atoms with Crippen molar-refractivity contribution in [2.75, 3.05) is 0 Å². The van der Waals surface area contributed by atoms with Crippen LogP contribution in [-0.4, -0.2) is 26.1 Å². The average molecular weight is 533 g/mol. The maximum absolute atomic E-state index is 13.1. The van der Waals surface area contributed by atoms with Crippen LogP contribution in [0.25, 0.3) is 0 Å². The van der Waals surface area contributed by atoms with Gasteiger partial charge in [-0.25, -0.2) is 4.39 Å². The minimum absolute atomic E-state index is 0.252. The summed E-state index contributed by atoms with van der Waals surface area (Å²) in [6.45, 7) is 5.62. The lowest BCUT2D eigenvalue weighted by Gasteiger charge is -2.13. The molecule has 1 unspecified atom stereocenters. The van der Waals surface area contributed by atoms with Crippen molar-refractivity contribution in [3.8, 4) is 0 Å². The number of thioether (sulfide) groups is 1. The number of unbranched alkanes of at least 4 members (excludes halogenated alkanes) is 1. The van der Waals surface area contributed by atoms with E-state index >= 15 is 0 Å². The monoisotopic (exact) mass is 532 g/mol. The van der Waals surface area contributed by atoms with E-state index in [9.17, 15) is 9.50 Å². The summed E-state index contributed by atoms with van der Waals surface area (Å²) in [7, 11) is 0. The molecule has 0 saturated carbocycles. The van der Waals surface area contributed by atoms with E-state index in [2.05, 4.69) is 76.4 Å². The van der Waals surface area contributed by atoms with E-state index in [1.54, 1.807) is 23.9 Å². The van der Waals surface area contributed by atoms with Crippen molar-refractivity contribution < 1.29 is 9.50 Å². The Kier molecular flexibility index (Phi) is 10.5. The number of nitrogens with one attached hydrogen (secondary N) is 1. The Morgan fingerprint density at radius 2 is 1.61 bits per heavy atom. The summed E-state index contributed by atoms with van der Waals surface area (Å²) in [4.78, 5) is 0. The Labute approximate surface area is 229 Å². The van der Waals surface area contributed by atoms with Gasteiger partial charge in [0, 0.05) is 25.3 Å². The van der Waals surface area contributed by atoms with Crippen molar-refractivity contribution in [3.63, 3.8) is 0 Å². The number of halogens is 1. The van der Waals surface area contributed by atoms with E-state index in [0.717, 1.165) is 54.5 Å². The normalized spacial score (nSPS) is 12.1. The van der Waals surface area contributed by atoms with Crippen molar-refractivity contribution >= 4 is 11.8 Å². The first-order valence-corrected chi connectivity index (χ1v) is 14.3. The van der Waals surface area contributed by atoms with Crippen LogP contribution in [0, 0.1) is 19.7 Å². The van der Waals surface area contributed by atoms with Crippen LogP contribution in [0.1, 0.15) is 52.9 Å². The highest BCUT2D eigenvalue weighted by molar-refractivity contribution is 7.98. The van der Waals surface area contributed by atoms with Crippen LogP contribution < -0.4 is 5.32 Å². The summed E-state index contributed by atoms with van der Waals surface area (Å²) in [5, 5.41) is 23.5. The molecule has 38 heavy (non-hydrogen) atoms. The standard InChI is InChI=1S/C31H37FN4OS/c1-23-18-24(2)20-27(19-23)22-38-31-35-34-29(36(31)17-16-25-8-4-3-5-9-25)10-6-7-11-30(37)33-21-26-12-14-28(32)15-13-26/h3-5,8-9,12-15,18-20,30,33,37H,6-7,10-11,16-17,21-22H2,1-2H3. The van der Waals surface area contributed by atoms with Gasteiger partial charge >= 0.3 is 0 Å². The summed E-state index contributed by atoms with van der Waals surface area (Å²) in [6, 6.07) is 23.5. The Hall–Kier alpha value is -3.00. The highest BCUT2D eigenvalue weighted by Crippen LogP contribution is 2.24. The van der Waals surface area contributed by atoms with Crippen LogP contribution in [0.4, 0.5) is 4.39 Å². The first-order chi connectivity index (χ1) is 18.5. The van der Waals surface area contributed by atoms with Gasteiger partial charge in [0.15, 0.2) is 5.16 Å². The summed E-state index contributed by atoms with van der Waals surface area (Å²) < 4.78 is 15.3. The van der Waals surface area contributed by atoms with Crippen LogP contribution in [0.2, 0.25) is 0 Å². The van der Waals surface area contributed by atoms with E-state index < -0.39 is 6.23 Å². The quantitative estimate of drug-likeness (QED) is 0.112. The zero-order valence-corrected chi connectivity index (χ0v) is 23.1. The van der Waals surface area contributed by atoms with E-state index in [1.807, 2.05) is 6.07 Å². The highest BCUT2D eigenvalue weighted by atomic mass is 32.2. The molecule has 0 bridgehead atoms. The lowest BCUT2D eigenvalue weighted by molar-refractivity contribution is 0.122. The van der Waals surface area contributed by atoms with Crippen molar-refractivity contribution in [2.24, 2.45) is 0 Å². The van der Waals surface area contributed by atoms with Gasteiger partial charge in [-0.15, -0.1) is 10.2 Å². The number of aliphatic hydroxyl groups is 1. The molecule has 4 rings (SSSR count). The number of hydrogen-bond acceptors (Lipinski definition) is 5. The molecule has 0 aliphatic rings. The fraction of sp³-hybridized carbons (Fsp3) is 0.355. The van der Waals surface area contributed by atoms with Gasteiger partial charge in [-0.1, -0.05) is 83.6 Å². The molecule has 0 fully saturated rings. The number of nitrogens with zero attached hydrogens (tertiary/aromatic N) is 3. The van der Waals surface area contributed by atoms with Crippen LogP contribution in [0.15, 0.2) is 78.0 Å². The molecule has 1 aromatic heterocycles. The van der Waals surface area contributed by atoms with Crippen molar-refractivity contribution in [1.82, 2.24) is 20.1 Å². The second kappa shape index (κ2) is 14.2. The predicted molar refractivity (Wildman–Crippen MR) is 152 cm³/mol. The molecule has 0 aliphatic carbocycles. The first kappa shape index (κ1) is 28.0. The molecule has 5 nitrogen and oxygen atoms in total. The third kappa shape index (κ3) is 8.79. The van der Waals surface area contributed by atoms with Gasteiger partial charge < -0.3 is 9.67 Å². The number of aliphatic hydroxyl groups excluding tert-OH is 1. The number of rotatable bonds is 14. The molecule has 1 atom stereocenters. The SMILES string of the molecule is Cc1cc(C)cc(CSc2nnc(CCCCC(O)NCc3ccc(F)cc3)n2CCc2ccccc2)c1. The first-order valence-electron chi connectivity index (χ1n) is 13.3. The number of aryl methyl sites for hydroxylation is 4. The zero-order chi connectivity index (χ0) is 26.7. The Balaban J connectivity index is 1.32. The topological polar surface area (TPSA) is 63.0 Å². The van der Waals surface area contributed by atoms with Gasteiger partial charge in [-0.2, -0.15) is 0 Å². The Morgan fingerprint density at radius 1 is 0.868 bits per heavy atom. The van der Waals surface area contributed by atoms with Gasteiger partial charge in [-0.3, -0.25) is 5.32 Å². The molecule has 0 spiro atoms. The van der Waals surface area contributed by atoms with Crippen molar-refractivity contribution in [3.05, 3.63) is 112 Å². The molecular weight excluding hydrogens is 495 g/mol. The molecule has 200 valence electrons. The van der Waals surface area contributed by atoms with Crippen LogP contribution in [-0.2, 0) is 31.7 Å². The number of hydrogen-bond donors (Lipinski definition) is 2. The second-order valence-corrected chi connectivity index (χ2v) is 10.8.